The van der Waals surface area contributed by atoms with Gasteiger partial charge in [0.15, 0.2) is 0 Å². The molecule has 34 heavy (non-hydrogen) atoms. The van der Waals surface area contributed by atoms with E-state index in [4.69, 9.17) is 0 Å². The van der Waals surface area contributed by atoms with Crippen molar-refractivity contribution in [3.05, 3.63) is 72.4 Å². The number of para-hydroxylation sites is 1. The fourth-order valence-electron chi connectivity index (χ4n) is 4.39. The van der Waals surface area contributed by atoms with Gasteiger partial charge in [0.2, 0.25) is 0 Å². The lowest BCUT2D eigenvalue weighted by Gasteiger charge is -2.32. The largest absolute Gasteiger partial charge is 0.354 e. The average molecular weight is 472 g/mol. The van der Waals surface area contributed by atoms with Crippen LogP contribution in [0.2, 0.25) is 0 Å². The molecule has 0 bridgehead atoms. The van der Waals surface area contributed by atoms with E-state index in [2.05, 4.69) is 70.9 Å². The molecule has 0 unspecified atom stereocenters. The number of amides is 1. The number of aromatic nitrogens is 2. The Morgan fingerprint density at radius 1 is 0.971 bits per heavy atom. The first-order valence-corrected chi connectivity index (χ1v) is 13.8. The number of fused-ring (bicyclic) bond motifs is 1. The highest BCUT2D eigenvalue weighted by Gasteiger charge is 2.20. The van der Waals surface area contributed by atoms with E-state index in [-0.39, 0.29) is 13.8 Å². The summed E-state index contributed by atoms with van der Waals surface area (Å²) in [5.74, 6) is 0.106. The number of nitrogens with zero attached hydrogens (tertiary/aromatic N) is 3. The standard InChI is InChI=1S/C27H30N5OP/c1-31-14-16-32(17-15-31)27(33)20-10-8-19(9-11-20)24-18-21-22(12-13-28-26(21)30-24)29-23-6-4-5-7-25(23)34(2)3/h4-13,18H,14-17H2,1-3H3,(H2,28,29,30). The SMILES string of the molecule is CN1CCN(C(=O)c2ccc(-c3cc4c(Nc5ccccc5P(C)C)ccnc4[nH]3)cc2)CC1. The number of aromatic amines is 1. The van der Waals surface area contributed by atoms with Crippen LogP contribution in [0.15, 0.2) is 66.9 Å². The molecule has 1 amide bonds. The van der Waals surface area contributed by atoms with E-state index >= 15 is 0 Å². The average Bonchev–Trinajstić information content (AvgIpc) is 3.30. The summed E-state index contributed by atoms with van der Waals surface area (Å²) in [6.07, 6.45) is 1.83. The Balaban J connectivity index is 1.40. The number of likely N-dealkylation sites (N-methyl/N-ethyl adjacent to an activating group) is 1. The smallest absolute Gasteiger partial charge is 0.253 e. The number of rotatable bonds is 5. The number of nitrogens with one attached hydrogen (secondary N) is 2. The molecule has 4 aromatic rings. The zero-order valence-corrected chi connectivity index (χ0v) is 20.8. The van der Waals surface area contributed by atoms with Gasteiger partial charge in [-0.1, -0.05) is 38.3 Å². The van der Waals surface area contributed by atoms with Gasteiger partial charge in [0.25, 0.3) is 5.91 Å². The van der Waals surface area contributed by atoms with Gasteiger partial charge in [0.1, 0.15) is 5.65 Å². The highest BCUT2D eigenvalue weighted by molar-refractivity contribution is 7.64. The van der Waals surface area contributed by atoms with Crippen molar-refractivity contribution >= 4 is 41.5 Å². The zero-order chi connectivity index (χ0) is 23.7. The van der Waals surface area contributed by atoms with Gasteiger partial charge in [-0.15, -0.1) is 0 Å². The summed E-state index contributed by atoms with van der Waals surface area (Å²) in [7, 11) is 1.87. The summed E-state index contributed by atoms with van der Waals surface area (Å²) in [6.45, 7) is 7.94. The molecule has 0 aliphatic carbocycles. The van der Waals surface area contributed by atoms with Crippen molar-refractivity contribution < 1.29 is 4.79 Å². The van der Waals surface area contributed by atoms with Crippen molar-refractivity contribution in [3.63, 3.8) is 0 Å². The Labute approximate surface area is 201 Å². The van der Waals surface area contributed by atoms with Crippen LogP contribution < -0.4 is 10.6 Å². The molecule has 2 aromatic heterocycles. The number of piperazine rings is 1. The summed E-state index contributed by atoms with van der Waals surface area (Å²) in [4.78, 5) is 25.1. The first-order valence-electron chi connectivity index (χ1n) is 11.6. The Kier molecular flexibility index (Phi) is 6.36. The molecule has 0 atom stereocenters. The van der Waals surface area contributed by atoms with Crippen LogP contribution in [0, 0.1) is 0 Å². The predicted molar refractivity (Wildman–Crippen MR) is 143 cm³/mol. The fourth-order valence-corrected chi connectivity index (χ4v) is 5.39. The van der Waals surface area contributed by atoms with Crippen LogP contribution in [0.25, 0.3) is 22.3 Å². The zero-order valence-electron chi connectivity index (χ0n) is 19.9. The molecule has 2 N–H and O–H groups in total. The van der Waals surface area contributed by atoms with Crippen molar-refractivity contribution in [2.24, 2.45) is 0 Å². The minimum atomic E-state index is -0.222. The van der Waals surface area contributed by atoms with Gasteiger partial charge < -0.3 is 20.1 Å². The van der Waals surface area contributed by atoms with Crippen molar-refractivity contribution in [2.45, 2.75) is 0 Å². The van der Waals surface area contributed by atoms with Crippen LogP contribution in [0.1, 0.15) is 10.4 Å². The summed E-state index contributed by atoms with van der Waals surface area (Å²) >= 11 is 0. The molecular formula is C27H30N5OP. The maximum Gasteiger partial charge on any atom is 0.253 e. The lowest BCUT2D eigenvalue weighted by molar-refractivity contribution is 0.0664. The molecule has 3 heterocycles. The highest BCUT2D eigenvalue weighted by Crippen LogP contribution is 2.33. The second kappa shape index (κ2) is 9.57. The minimum Gasteiger partial charge on any atom is -0.354 e. The first kappa shape index (κ1) is 22.6. The predicted octanol–water partition coefficient (Wildman–Crippen LogP) is 4.73. The minimum absolute atomic E-state index is 0.106. The van der Waals surface area contributed by atoms with Gasteiger partial charge in [-0.3, -0.25) is 4.79 Å². The summed E-state index contributed by atoms with van der Waals surface area (Å²) in [5, 5.41) is 6.02. The summed E-state index contributed by atoms with van der Waals surface area (Å²) < 4.78 is 0. The molecule has 0 saturated carbocycles. The second-order valence-corrected chi connectivity index (χ2v) is 11.3. The molecule has 2 aromatic carbocycles. The number of H-pyrrole nitrogens is 1. The fraction of sp³-hybridized carbons (Fsp3) is 0.259. The molecular weight excluding hydrogens is 441 g/mol. The Morgan fingerprint density at radius 2 is 1.71 bits per heavy atom. The number of pyridine rings is 1. The van der Waals surface area contributed by atoms with Crippen LogP contribution >= 0.6 is 7.92 Å². The summed E-state index contributed by atoms with van der Waals surface area (Å²) in [6, 6.07) is 20.5. The Hall–Kier alpha value is -3.21. The topological polar surface area (TPSA) is 64.3 Å². The number of hydrogen-bond donors (Lipinski definition) is 2. The molecule has 7 heteroatoms. The van der Waals surface area contributed by atoms with Crippen LogP contribution in [0.4, 0.5) is 11.4 Å². The molecule has 0 radical (unpaired) electrons. The quantitative estimate of drug-likeness (QED) is 0.413. The third-order valence-corrected chi connectivity index (χ3v) is 7.77. The number of carbonyl (C=O) groups excluding carboxylic acids is 1. The van der Waals surface area contributed by atoms with Crippen LogP contribution in [-0.4, -0.2) is 72.2 Å². The molecule has 174 valence electrons. The van der Waals surface area contributed by atoms with Gasteiger partial charge in [0, 0.05) is 54.7 Å². The molecule has 6 nitrogen and oxygen atoms in total. The van der Waals surface area contributed by atoms with E-state index in [0.29, 0.717) is 0 Å². The van der Waals surface area contributed by atoms with Crippen LogP contribution in [0.3, 0.4) is 0 Å². The summed E-state index contributed by atoms with van der Waals surface area (Å²) in [5.41, 5.74) is 5.75. The molecule has 1 aliphatic rings. The van der Waals surface area contributed by atoms with E-state index in [1.807, 2.05) is 41.4 Å². The van der Waals surface area contributed by atoms with E-state index in [9.17, 15) is 4.79 Å². The maximum atomic E-state index is 12.9. The van der Waals surface area contributed by atoms with E-state index < -0.39 is 0 Å². The molecule has 5 rings (SSSR count). The van der Waals surface area contributed by atoms with Gasteiger partial charge >= 0.3 is 0 Å². The maximum absolute atomic E-state index is 12.9. The van der Waals surface area contributed by atoms with E-state index in [1.165, 1.54) is 5.30 Å². The van der Waals surface area contributed by atoms with E-state index in [0.717, 1.165) is 65.4 Å². The molecule has 1 aliphatic heterocycles. The van der Waals surface area contributed by atoms with Gasteiger partial charge in [-0.25, -0.2) is 4.98 Å². The van der Waals surface area contributed by atoms with Crippen LogP contribution in [-0.2, 0) is 0 Å². The lowest BCUT2D eigenvalue weighted by atomic mass is 10.1. The van der Waals surface area contributed by atoms with Gasteiger partial charge in [-0.05, 0) is 61.6 Å². The second-order valence-electron chi connectivity index (χ2n) is 9.01. The van der Waals surface area contributed by atoms with Crippen molar-refractivity contribution in [3.8, 4) is 11.3 Å². The first-order chi connectivity index (χ1) is 16.5. The lowest BCUT2D eigenvalue weighted by Crippen LogP contribution is -2.47. The van der Waals surface area contributed by atoms with Gasteiger partial charge in [0.05, 0.1) is 5.69 Å². The number of benzene rings is 2. The van der Waals surface area contributed by atoms with Crippen molar-refractivity contribution in [1.29, 1.82) is 0 Å². The molecule has 1 saturated heterocycles. The third kappa shape index (κ3) is 4.56. The Morgan fingerprint density at radius 3 is 2.44 bits per heavy atom. The number of carbonyl (C=O) groups is 1. The number of anilines is 2. The normalized spacial score (nSPS) is 14.6. The molecule has 1 fully saturated rings. The highest BCUT2D eigenvalue weighted by atomic mass is 31.1. The van der Waals surface area contributed by atoms with Gasteiger partial charge in [-0.2, -0.15) is 0 Å². The number of hydrogen-bond acceptors (Lipinski definition) is 4. The van der Waals surface area contributed by atoms with E-state index in [1.54, 1.807) is 0 Å². The molecule has 0 spiro atoms. The van der Waals surface area contributed by atoms with Crippen molar-refractivity contribution in [2.75, 3.05) is 51.9 Å². The third-order valence-electron chi connectivity index (χ3n) is 6.42. The monoisotopic (exact) mass is 471 g/mol. The Bertz CT molecular complexity index is 1310. The van der Waals surface area contributed by atoms with Crippen molar-refractivity contribution in [1.82, 2.24) is 19.8 Å². The van der Waals surface area contributed by atoms with Crippen LogP contribution in [0.5, 0.6) is 0 Å².